The first-order valence-electron chi connectivity index (χ1n) is 5.50. The molecule has 1 aliphatic rings. The van der Waals surface area contributed by atoms with Gasteiger partial charge in [0, 0.05) is 29.4 Å². The maximum atomic E-state index is 5.80. The van der Waals surface area contributed by atoms with Crippen LogP contribution in [0.5, 0.6) is 0 Å². The minimum Gasteiger partial charge on any atom is -0.389 e. The van der Waals surface area contributed by atoms with Crippen LogP contribution in [0.3, 0.4) is 0 Å². The normalized spacial score (nSPS) is 19.3. The zero-order valence-electron chi connectivity index (χ0n) is 9.65. The first-order chi connectivity index (χ1) is 8.11. The lowest BCUT2D eigenvalue weighted by atomic mass is 10.1. The monoisotopic (exact) mass is 314 g/mol. The van der Waals surface area contributed by atoms with Gasteiger partial charge in [0.2, 0.25) is 0 Å². The molecule has 0 bridgehead atoms. The van der Waals surface area contributed by atoms with E-state index in [2.05, 4.69) is 27.9 Å². The first-order valence-corrected chi connectivity index (χ1v) is 6.70. The molecular formula is C12H15BrN2OS. The second-order valence-corrected chi connectivity index (χ2v) is 5.42. The number of ether oxygens (including phenoxy) is 1. The van der Waals surface area contributed by atoms with E-state index in [0.717, 1.165) is 35.4 Å². The van der Waals surface area contributed by atoms with Crippen molar-refractivity contribution in [1.82, 2.24) is 0 Å². The number of likely N-dealkylation sites (N-methyl/N-ethyl adjacent to an activating group) is 1. The van der Waals surface area contributed by atoms with Crippen LogP contribution in [0.1, 0.15) is 12.0 Å². The van der Waals surface area contributed by atoms with Gasteiger partial charge in [-0.05, 0) is 34.5 Å². The molecule has 0 amide bonds. The van der Waals surface area contributed by atoms with Crippen LogP contribution in [0.15, 0.2) is 22.7 Å². The highest BCUT2D eigenvalue weighted by Gasteiger charge is 2.23. The molecule has 1 fully saturated rings. The Hall–Kier alpha value is -0.650. The van der Waals surface area contributed by atoms with E-state index in [-0.39, 0.29) is 0 Å². The Morgan fingerprint density at radius 2 is 2.35 bits per heavy atom. The van der Waals surface area contributed by atoms with Gasteiger partial charge in [0.05, 0.1) is 12.6 Å². The van der Waals surface area contributed by atoms with Crippen molar-refractivity contribution in [3.05, 3.63) is 28.2 Å². The van der Waals surface area contributed by atoms with E-state index in [1.54, 1.807) is 0 Å². The molecule has 3 nitrogen and oxygen atoms in total. The molecule has 17 heavy (non-hydrogen) atoms. The van der Waals surface area contributed by atoms with E-state index < -0.39 is 0 Å². The third-order valence-corrected chi connectivity index (χ3v) is 3.94. The summed E-state index contributed by atoms with van der Waals surface area (Å²) in [4.78, 5) is 2.62. The van der Waals surface area contributed by atoms with Crippen molar-refractivity contribution in [3.63, 3.8) is 0 Å². The van der Waals surface area contributed by atoms with Crippen molar-refractivity contribution < 1.29 is 4.74 Å². The molecule has 1 aromatic rings. The highest BCUT2D eigenvalue weighted by molar-refractivity contribution is 9.10. The Balaban J connectivity index is 2.36. The van der Waals surface area contributed by atoms with Gasteiger partial charge < -0.3 is 15.4 Å². The number of thiocarbonyl (C=S) groups is 1. The quantitative estimate of drug-likeness (QED) is 0.869. The summed E-state index contributed by atoms with van der Waals surface area (Å²) in [5.74, 6) is 0. The van der Waals surface area contributed by atoms with Gasteiger partial charge in [-0.25, -0.2) is 0 Å². The van der Waals surface area contributed by atoms with Gasteiger partial charge in [-0.2, -0.15) is 0 Å². The molecule has 1 aliphatic heterocycles. The molecule has 0 radical (unpaired) electrons. The van der Waals surface area contributed by atoms with Gasteiger partial charge in [-0.3, -0.25) is 0 Å². The van der Waals surface area contributed by atoms with E-state index in [1.807, 2.05) is 18.2 Å². The van der Waals surface area contributed by atoms with Crippen molar-refractivity contribution in [3.8, 4) is 0 Å². The number of benzene rings is 1. The minimum absolute atomic E-state index is 0.400. The molecule has 1 unspecified atom stereocenters. The lowest BCUT2D eigenvalue weighted by Crippen LogP contribution is -2.33. The highest BCUT2D eigenvalue weighted by atomic mass is 79.9. The van der Waals surface area contributed by atoms with Crippen LogP contribution in [-0.2, 0) is 4.74 Å². The second-order valence-electron chi connectivity index (χ2n) is 4.13. The van der Waals surface area contributed by atoms with Crippen LogP contribution in [0, 0.1) is 0 Å². The third-order valence-electron chi connectivity index (χ3n) is 3.07. The van der Waals surface area contributed by atoms with E-state index in [1.165, 1.54) is 0 Å². The number of hydrogen-bond donors (Lipinski definition) is 1. The molecule has 1 saturated heterocycles. The summed E-state index contributed by atoms with van der Waals surface area (Å²) in [7, 11) is 2.06. The molecule has 5 heteroatoms. The number of hydrogen-bond acceptors (Lipinski definition) is 3. The second kappa shape index (κ2) is 5.33. The SMILES string of the molecule is CN(c1cccc(Br)c1C(N)=S)C1CCOC1. The van der Waals surface area contributed by atoms with Crippen molar-refractivity contribution in [1.29, 1.82) is 0 Å². The Kier molecular flexibility index (Phi) is 4.01. The summed E-state index contributed by atoms with van der Waals surface area (Å²) >= 11 is 8.62. The number of rotatable bonds is 3. The molecule has 92 valence electrons. The Morgan fingerprint density at radius 1 is 1.59 bits per heavy atom. The fraction of sp³-hybridized carbons (Fsp3) is 0.417. The van der Waals surface area contributed by atoms with Crippen molar-refractivity contribution in [2.75, 3.05) is 25.2 Å². The fourth-order valence-corrected chi connectivity index (χ4v) is 2.99. The smallest absolute Gasteiger partial charge is 0.107 e. The van der Waals surface area contributed by atoms with Crippen LogP contribution < -0.4 is 10.6 Å². The number of nitrogens with zero attached hydrogens (tertiary/aromatic N) is 1. The Labute approximate surface area is 115 Å². The molecule has 0 spiro atoms. The number of nitrogens with two attached hydrogens (primary N) is 1. The van der Waals surface area contributed by atoms with Crippen molar-refractivity contribution >= 4 is 38.8 Å². The van der Waals surface area contributed by atoms with E-state index in [0.29, 0.717) is 11.0 Å². The van der Waals surface area contributed by atoms with Crippen molar-refractivity contribution in [2.45, 2.75) is 12.5 Å². The maximum absolute atomic E-state index is 5.80. The number of anilines is 1. The fourth-order valence-electron chi connectivity index (χ4n) is 2.07. The predicted molar refractivity (Wildman–Crippen MR) is 77.7 cm³/mol. The summed E-state index contributed by atoms with van der Waals surface area (Å²) in [6.07, 6.45) is 1.04. The molecule has 0 aliphatic carbocycles. The van der Waals surface area contributed by atoms with Crippen LogP contribution in [-0.4, -0.2) is 31.3 Å². The zero-order chi connectivity index (χ0) is 12.4. The predicted octanol–water partition coefficient (Wildman–Crippen LogP) is 2.31. The lowest BCUT2D eigenvalue weighted by Gasteiger charge is -2.28. The molecule has 0 saturated carbocycles. The lowest BCUT2D eigenvalue weighted by molar-refractivity contribution is 0.193. The highest BCUT2D eigenvalue weighted by Crippen LogP contribution is 2.29. The molecule has 2 rings (SSSR count). The Morgan fingerprint density at radius 3 is 2.94 bits per heavy atom. The van der Waals surface area contributed by atoms with Gasteiger partial charge in [-0.15, -0.1) is 0 Å². The molecule has 2 N–H and O–H groups in total. The molecule has 1 atom stereocenters. The van der Waals surface area contributed by atoms with E-state index in [9.17, 15) is 0 Å². The number of halogens is 1. The van der Waals surface area contributed by atoms with Crippen LogP contribution in [0.25, 0.3) is 0 Å². The van der Waals surface area contributed by atoms with Gasteiger partial charge in [0.15, 0.2) is 0 Å². The summed E-state index contributed by atoms with van der Waals surface area (Å²) in [6.45, 7) is 1.59. The van der Waals surface area contributed by atoms with E-state index >= 15 is 0 Å². The molecular weight excluding hydrogens is 300 g/mol. The van der Waals surface area contributed by atoms with E-state index in [4.69, 9.17) is 22.7 Å². The first kappa shape index (κ1) is 12.8. The zero-order valence-corrected chi connectivity index (χ0v) is 12.1. The standard InChI is InChI=1S/C12H15BrN2OS/c1-15(8-5-6-16-7-8)10-4-2-3-9(13)11(10)12(14)17/h2-4,8H,5-7H2,1H3,(H2,14,17). The van der Waals surface area contributed by atoms with Gasteiger partial charge >= 0.3 is 0 Å². The summed E-state index contributed by atoms with van der Waals surface area (Å²) in [6, 6.07) is 6.39. The molecule has 1 aromatic carbocycles. The van der Waals surface area contributed by atoms with Gasteiger partial charge in [0.25, 0.3) is 0 Å². The average molecular weight is 315 g/mol. The Bertz CT molecular complexity index is 433. The summed E-state index contributed by atoms with van der Waals surface area (Å²) in [5, 5.41) is 0. The molecule has 0 aromatic heterocycles. The average Bonchev–Trinajstić information content (AvgIpc) is 2.80. The van der Waals surface area contributed by atoms with Crippen LogP contribution >= 0.6 is 28.1 Å². The van der Waals surface area contributed by atoms with Crippen LogP contribution in [0.4, 0.5) is 5.69 Å². The third kappa shape index (κ3) is 2.61. The van der Waals surface area contributed by atoms with Crippen LogP contribution in [0.2, 0.25) is 0 Å². The molecule has 1 heterocycles. The largest absolute Gasteiger partial charge is 0.389 e. The topological polar surface area (TPSA) is 38.5 Å². The van der Waals surface area contributed by atoms with Crippen molar-refractivity contribution in [2.24, 2.45) is 5.73 Å². The maximum Gasteiger partial charge on any atom is 0.107 e. The van der Waals surface area contributed by atoms with Gasteiger partial charge in [-0.1, -0.05) is 18.3 Å². The summed E-state index contributed by atoms with van der Waals surface area (Å²) < 4.78 is 6.35. The summed E-state index contributed by atoms with van der Waals surface area (Å²) in [5.41, 5.74) is 7.75. The van der Waals surface area contributed by atoms with Gasteiger partial charge in [0.1, 0.15) is 4.99 Å². The minimum atomic E-state index is 0.400.